The Kier molecular flexibility index (Phi) is 7.85. The van der Waals surface area contributed by atoms with Gasteiger partial charge in [-0.05, 0) is 133 Å². The fourth-order valence-corrected chi connectivity index (χ4v) is 9.24. The van der Waals surface area contributed by atoms with Crippen LogP contribution in [0, 0.1) is 0 Å². The van der Waals surface area contributed by atoms with Crippen molar-refractivity contribution in [2.45, 2.75) is 130 Å². The fraction of sp³-hybridized carbons (Fsp3) is 0.400. The standard InChI is InChI=1S/C50H59BN2/c1-46(2,3)32-17-22-35(23-18-32)52-41-26-21-34(48(7,8)9)29-39(41)51-40-30-37-38(50(12,13)28-27-49(37,10)11)31-44(40)53(43-16-14-15-42(52)45(43)51)36-24-19-33(20-25-36)47(4,5)6/h14-26,29-31H,27-28H2,1-13H3. The summed E-state index contributed by atoms with van der Waals surface area (Å²) in [5, 5.41) is 0. The van der Waals surface area contributed by atoms with Gasteiger partial charge in [0, 0.05) is 34.1 Å². The first-order valence-corrected chi connectivity index (χ1v) is 19.9. The minimum atomic E-state index is 0.0220. The zero-order chi connectivity index (χ0) is 38.0. The highest BCUT2D eigenvalue weighted by Crippen LogP contribution is 2.50. The summed E-state index contributed by atoms with van der Waals surface area (Å²) in [7, 11) is 0. The lowest BCUT2D eigenvalue weighted by molar-refractivity contribution is 0.332. The summed E-state index contributed by atoms with van der Waals surface area (Å²) >= 11 is 0. The van der Waals surface area contributed by atoms with Crippen LogP contribution in [0.5, 0.6) is 0 Å². The smallest absolute Gasteiger partial charge is 0.252 e. The number of hydrogen-bond acceptors (Lipinski definition) is 2. The molecule has 53 heavy (non-hydrogen) atoms. The first-order chi connectivity index (χ1) is 24.7. The lowest BCUT2D eigenvalue weighted by Gasteiger charge is -2.47. The van der Waals surface area contributed by atoms with Gasteiger partial charge in [0.25, 0.3) is 6.71 Å². The third kappa shape index (κ3) is 5.76. The van der Waals surface area contributed by atoms with Crippen LogP contribution in [-0.2, 0) is 27.1 Å². The summed E-state index contributed by atoms with van der Waals surface area (Å²) in [6.07, 6.45) is 2.39. The molecule has 0 bridgehead atoms. The molecular formula is C50H59BN2. The number of anilines is 6. The summed E-state index contributed by atoms with van der Waals surface area (Å²) in [6, 6.07) is 38.3. The minimum absolute atomic E-state index is 0.0220. The van der Waals surface area contributed by atoms with Crippen LogP contribution in [-0.4, -0.2) is 6.71 Å². The maximum atomic E-state index is 2.65. The van der Waals surface area contributed by atoms with E-state index in [-0.39, 0.29) is 33.8 Å². The molecule has 8 rings (SSSR count). The largest absolute Gasteiger partial charge is 0.311 e. The molecule has 2 aliphatic heterocycles. The van der Waals surface area contributed by atoms with E-state index in [9.17, 15) is 0 Å². The lowest BCUT2D eigenvalue weighted by atomic mass is 9.33. The van der Waals surface area contributed by atoms with E-state index in [2.05, 4.69) is 197 Å². The monoisotopic (exact) mass is 698 g/mol. The molecule has 0 saturated heterocycles. The molecule has 2 nitrogen and oxygen atoms in total. The fourth-order valence-electron chi connectivity index (χ4n) is 9.24. The molecule has 3 heteroatoms. The molecule has 0 amide bonds. The van der Waals surface area contributed by atoms with Crippen LogP contribution in [0.4, 0.5) is 34.1 Å². The molecule has 0 spiro atoms. The molecule has 0 aromatic heterocycles. The number of fused-ring (bicyclic) bond motifs is 5. The Morgan fingerprint density at radius 3 is 1.34 bits per heavy atom. The summed E-state index contributed by atoms with van der Waals surface area (Å²) in [5.74, 6) is 0. The van der Waals surface area contributed by atoms with Gasteiger partial charge in [-0.3, -0.25) is 0 Å². The highest BCUT2D eigenvalue weighted by molar-refractivity contribution is 7.00. The van der Waals surface area contributed by atoms with Crippen LogP contribution < -0.4 is 26.2 Å². The topological polar surface area (TPSA) is 6.48 Å². The lowest BCUT2D eigenvalue weighted by Crippen LogP contribution is -2.62. The average Bonchev–Trinajstić information content (AvgIpc) is 3.08. The van der Waals surface area contributed by atoms with Gasteiger partial charge in [-0.2, -0.15) is 0 Å². The Balaban J connectivity index is 1.46. The van der Waals surface area contributed by atoms with Crippen LogP contribution in [0.3, 0.4) is 0 Å². The van der Waals surface area contributed by atoms with Gasteiger partial charge in [0.2, 0.25) is 0 Å². The van der Waals surface area contributed by atoms with Crippen molar-refractivity contribution in [1.82, 2.24) is 0 Å². The Hall–Kier alpha value is -4.24. The molecule has 0 saturated carbocycles. The van der Waals surface area contributed by atoms with Crippen molar-refractivity contribution in [1.29, 1.82) is 0 Å². The van der Waals surface area contributed by atoms with Gasteiger partial charge in [-0.15, -0.1) is 0 Å². The van der Waals surface area contributed by atoms with Crippen molar-refractivity contribution in [2.75, 3.05) is 9.80 Å². The number of nitrogens with zero attached hydrogens (tertiary/aromatic N) is 2. The highest BCUT2D eigenvalue weighted by Gasteiger charge is 2.46. The van der Waals surface area contributed by atoms with Crippen molar-refractivity contribution >= 4 is 57.2 Å². The average molecular weight is 699 g/mol. The van der Waals surface area contributed by atoms with E-state index in [1.807, 2.05) is 0 Å². The predicted octanol–water partition coefficient (Wildman–Crippen LogP) is 12.0. The van der Waals surface area contributed by atoms with E-state index in [1.54, 1.807) is 0 Å². The molecule has 272 valence electrons. The molecule has 5 aromatic rings. The van der Waals surface area contributed by atoms with Gasteiger partial charge in [-0.1, -0.05) is 139 Å². The summed E-state index contributed by atoms with van der Waals surface area (Å²) in [4.78, 5) is 5.13. The van der Waals surface area contributed by atoms with E-state index in [0.717, 1.165) is 0 Å². The number of rotatable bonds is 2. The molecule has 1 aliphatic carbocycles. The second-order valence-corrected chi connectivity index (χ2v) is 20.7. The first-order valence-electron chi connectivity index (χ1n) is 19.9. The summed E-state index contributed by atoms with van der Waals surface area (Å²) in [5.41, 5.74) is 19.3. The molecule has 5 aromatic carbocycles. The van der Waals surface area contributed by atoms with Crippen molar-refractivity contribution in [3.8, 4) is 0 Å². The Bertz CT molecular complexity index is 2230. The van der Waals surface area contributed by atoms with E-state index in [4.69, 9.17) is 0 Å². The maximum absolute atomic E-state index is 2.65. The van der Waals surface area contributed by atoms with Crippen LogP contribution >= 0.6 is 0 Å². The molecule has 0 fully saturated rings. The Labute approximate surface area is 320 Å². The van der Waals surface area contributed by atoms with Crippen molar-refractivity contribution in [3.05, 3.63) is 125 Å². The van der Waals surface area contributed by atoms with Crippen LogP contribution in [0.15, 0.2) is 97.1 Å². The molecule has 3 aliphatic rings. The van der Waals surface area contributed by atoms with Crippen molar-refractivity contribution < 1.29 is 0 Å². The zero-order valence-corrected chi connectivity index (χ0v) is 34.6. The van der Waals surface area contributed by atoms with Gasteiger partial charge >= 0.3 is 0 Å². The third-order valence-corrected chi connectivity index (χ3v) is 12.8. The number of benzene rings is 5. The van der Waals surface area contributed by atoms with Gasteiger partial charge in [0.15, 0.2) is 0 Å². The number of hydrogen-bond donors (Lipinski definition) is 0. The van der Waals surface area contributed by atoms with E-state index >= 15 is 0 Å². The Morgan fingerprint density at radius 2 is 0.868 bits per heavy atom. The van der Waals surface area contributed by atoms with Crippen LogP contribution in [0.1, 0.15) is 131 Å². The quantitative estimate of drug-likeness (QED) is 0.166. The molecular weight excluding hydrogens is 639 g/mol. The molecule has 0 unspecified atom stereocenters. The van der Waals surface area contributed by atoms with Crippen LogP contribution in [0.2, 0.25) is 0 Å². The van der Waals surface area contributed by atoms with Crippen molar-refractivity contribution in [3.63, 3.8) is 0 Å². The van der Waals surface area contributed by atoms with Crippen LogP contribution in [0.25, 0.3) is 0 Å². The second kappa shape index (κ2) is 11.6. The van der Waals surface area contributed by atoms with Crippen molar-refractivity contribution in [2.24, 2.45) is 0 Å². The predicted molar refractivity (Wildman–Crippen MR) is 232 cm³/mol. The highest BCUT2D eigenvalue weighted by atomic mass is 15.2. The third-order valence-electron chi connectivity index (χ3n) is 12.8. The minimum Gasteiger partial charge on any atom is -0.311 e. The van der Waals surface area contributed by atoms with Gasteiger partial charge < -0.3 is 9.80 Å². The van der Waals surface area contributed by atoms with Gasteiger partial charge in [0.1, 0.15) is 0 Å². The molecule has 2 heterocycles. The normalized spacial score (nSPS) is 17.2. The maximum Gasteiger partial charge on any atom is 0.252 e. The molecule has 0 atom stereocenters. The van der Waals surface area contributed by atoms with Gasteiger partial charge in [-0.25, -0.2) is 0 Å². The summed E-state index contributed by atoms with van der Waals surface area (Å²) in [6.45, 7) is 30.8. The Morgan fingerprint density at radius 1 is 0.453 bits per heavy atom. The first kappa shape index (κ1) is 35.8. The molecule has 0 radical (unpaired) electrons. The molecule has 0 N–H and O–H groups in total. The summed E-state index contributed by atoms with van der Waals surface area (Å²) < 4.78 is 0. The zero-order valence-electron chi connectivity index (χ0n) is 34.6. The van der Waals surface area contributed by atoms with E-state index in [0.29, 0.717) is 0 Å². The van der Waals surface area contributed by atoms with Gasteiger partial charge in [0.05, 0.1) is 0 Å². The second-order valence-electron chi connectivity index (χ2n) is 20.7. The van der Waals surface area contributed by atoms with E-state index in [1.165, 1.54) is 91.2 Å². The SMILES string of the molecule is CC(C)(C)c1ccc(N2c3ccc(C(C)(C)C)cc3B3c4cc5c(cc4N(c4ccc(C(C)(C)C)cc4)c4cccc2c43)C(C)(C)CCC5(C)C)cc1. The van der Waals surface area contributed by atoms with E-state index < -0.39 is 0 Å².